The van der Waals surface area contributed by atoms with E-state index in [-0.39, 0.29) is 18.0 Å². The number of piperazine rings is 1. The Balaban J connectivity index is 1.56. The van der Waals surface area contributed by atoms with E-state index in [0.29, 0.717) is 25.0 Å². The van der Waals surface area contributed by atoms with Crippen molar-refractivity contribution in [3.05, 3.63) is 59.0 Å². The fraction of sp³-hybridized carbons (Fsp3) is 0.263. The molecule has 0 N–H and O–H groups in total. The van der Waals surface area contributed by atoms with Gasteiger partial charge in [0.1, 0.15) is 5.82 Å². The van der Waals surface area contributed by atoms with Gasteiger partial charge in [0.2, 0.25) is 10.0 Å². The number of hydrogen-bond acceptors (Lipinski definition) is 5. The summed E-state index contributed by atoms with van der Waals surface area (Å²) in [4.78, 5) is 10.2. The molecule has 158 valence electrons. The van der Waals surface area contributed by atoms with Crippen LogP contribution in [0.1, 0.15) is 5.56 Å². The van der Waals surface area contributed by atoms with Crippen LogP contribution >= 0.6 is 15.9 Å². The van der Waals surface area contributed by atoms with Crippen molar-refractivity contribution in [1.29, 1.82) is 0 Å². The average molecular weight is 501 g/mol. The highest BCUT2D eigenvalue weighted by Gasteiger charge is 2.34. The van der Waals surface area contributed by atoms with Crippen LogP contribution in [-0.4, -0.2) is 48.9 Å². The molecule has 1 aromatic carbocycles. The molecule has 30 heavy (non-hydrogen) atoms. The van der Waals surface area contributed by atoms with E-state index in [1.165, 1.54) is 10.4 Å². The van der Waals surface area contributed by atoms with Crippen LogP contribution in [0.25, 0.3) is 10.8 Å². The minimum atomic E-state index is -4.60. The second-order valence-corrected chi connectivity index (χ2v) is 9.56. The summed E-state index contributed by atoms with van der Waals surface area (Å²) in [5.41, 5.74) is -0.986. The van der Waals surface area contributed by atoms with Crippen LogP contribution in [0.2, 0.25) is 0 Å². The smallest absolute Gasteiger partial charge is 0.353 e. The highest BCUT2D eigenvalue weighted by atomic mass is 79.9. The lowest BCUT2D eigenvalue weighted by Gasteiger charge is -2.35. The van der Waals surface area contributed by atoms with E-state index in [4.69, 9.17) is 0 Å². The minimum Gasteiger partial charge on any atom is -0.353 e. The third-order valence-corrected chi connectivity index (χ3v) is 7.48. The van der Waals surface area contributed by atoms with E-state index < -0.39 is 21.8 Å². The highest BCUT2D eigenvalue weighted by molar-refractivity contribution is 9.10. The summed E-state index contributed by atoms with van der Waals surface area (Å²) in [7, 11) is -4.03. The lowest BCUT2D eigenvalue weighted by atomic mass is 10.2. The number of pyridine rings is 2. The van der Waals surface area contributed by atoms with Crippen molar-refractivity contribution in [2.45, 2.75) is 11.1 Å². The van der Waals surface area contributed by atoms with Crippen molar-refractivity contribution < 1.29 is 21.6 Å². The topological polar surface area (TPSA) is 66.4 Å². The predicted molar refractivity (Wildman–Crippen MR) is 110 cm³/mol. The number of sulfonamides is 1. The van der Waals surface area contributed by atoms with E-state index in [2.05, 4.69) is 25.9 Å². The molecule has 0 atom stereocenters. The molecule has 3 aromatic rings. The zero-order valence-electron chi connectivity index (χ0n) is 15.5. The fourth-order valence-electron chi connectivity index (χ4n) is 3.41. The van der Waals surface area contributed by atoms with Crippen LogP contribution in [0.5, 0.6) is 0 Å². The third kappa shape index (κ3) is 3.88. The molecule has 0 spiro atoms. The summed E-state index contributed by atoms with van der Waals surface area (Å²) in [5.74, 6) is 0.692. The average Bonchev–Trinajstić information content (AvgIpc) is 2.74. The molecule has 11 heteroatoms. The normalized spacial score (nSPS) is 16.2. The van der Waals surface area contributed by atoms with Gasteiger partial charge in [-0.3, -0.25) is 4.98 Å². The molecule has 6 nitrogen and oxygen atoms in total. The van der Waals surface area contributed by atoms with Gasteiger partial charge in [0.25, 0.3) is 0 Å². The molecule has 1 saturated heterocycles. The van der Waals surface area contributed by atoms with Crippen LogP contribution < -0.4 is 4.90 Å². The van der Waals surface area contributed by atoms with Gasteiger partial charge in [0, 0.05) is 60.0 Å². The highest BCUT2D eigenvalue weighted by Crippen LogP contribution is 2.32. The molecule has 2 aromatic heterocycles. The van der Waals surface area contributed by atoms with Gasteiger partial charge in [0.15, 0.2) is 0 Å². The van der Waals surface area contributed by atoms with Gasteiger partial charge in [-0.25, -0.2) is 13.4 Å². The largest absolute Gasteiger partial charge is 0.416 e. The summed E-state index contributed by atoms with van der Waals surface area (Å²) >= 11 is 3.46. The molecule has 0 radical (unpaired) electrons. The molecule has 0 saturated carbocycles. The lowest BCUT2D eigenvalue weighted by molar-refractivity contribution is -0.137. The Kier molecular flexibility index (Phi) is 5.45. The summed E-state index contributed by atoms with van der Waals surface area (Å²) in [6.45, 7) is 0.990. The van der Waals surface area contributed by atoms with Gasteiger partial charge in [-0.2, -0.15) is 17.5 Å². The van der Waals surface area contributed by atoms with Crippen molar-refractivity contribution in [2.24, 2.45) is 0 Å². The summed E-state index contributed by atoms with van der Waals surface area (Å²) in [6, 6.07) is 5.69. The van der Waals surface area contributed by atoms with Crippen molar-refractivity contribution >= 4 is 42.5 Å². The molecular weight excluding hydrogens is 485 g/mol. The molecular formula is C19H16BrF3N4O2S. The Labute approximate surface area is 179 Å². The number of fused-ring (bicyclic) bond motifs is 1. The van der Waals surface area contributed by atoms with E-state index in [1.807, 2.05) is 11.0 Å². The first-order chi connectivity index (χ1) is 14.2. The molecule has 1 aliphatic heterocycles. The van der Waals surface area contributed by atoms with Crippen LogP contribution in [-0.2, 0) is 16.2 Å². The standard InChI is InChI=1S/C19H16BrF3N4O2S/c20-17-12-25-18(16-11-24-5-4-15(16)17)26-6-8-27(9-7-26)30(28,29)14-3-1-2-13(10-14)19(21,22)23/h1-5,10-12H,6-9H2. The number of alkyl halides is 3. The van der Waals surface area contributed by atoms with Gasteiger partial charge in [-0.1, -0.05) is 6.07 Å². The lowest BCUT2D eigenvalue weighted by Crippen LogP contribution is -2.49. The Morgan fingerprint density at radius 3 is 2.43 bits per heavy atom. The summed E-state index contributed by atoms with van der Waals surface area (Å²) in [5, 5.41) is 1.77. The van der Waals surface area contributed by atoms with Crippen LogP contribution in [0.3, 0.4) is 0 Å². The van der Waals surface area contributed by atoms with E-state index in [9.17, 15) is 21.6 Å². The zero-order valence-corrected chi connectivity index (χ0v) is 17.9. The Hall–Kier alpha value is -2.24. The van der Waals surface area contributed by atoms with Gasteiger partial charge >= 0.3 is 6.18 Å². The van der Waals surface area contributed by atoms with Crippen molar-refractivity contribution in [3.8, 4) is 0 Å². The maximum Gasteiger partial charge on any atom is 0.416 e. The quantitative estimate of drug-likeness (QED) is 0.545. The number of aromatic nitrogens is 2. The first-order valence-electron chi connectivity index (χ1n) is 8.98. The summed E-state index contributed by atoms with van der Waals surface area (Å²) in [6.07, 6.45) is 0.459. The third-order valence-electron chi connectivity index (χ3n) is 4.96. The van der Waals surface area contributed by atoms with Gasteiger partial charge in [0.05, 0.1) is 10.5 Å². The van der Waals surface area contributed by atoms with Crippen LogP contribution in [0, 0.1) is 0 Å². The van der Waals surface area contributed by atoms with E-state index >= 15 is 0 Å². The number of rotatable bonds is 3. The van der Waals surface area contributed by atoms with Gasteiger partial charge in [-0.05, 0) is 40.2 Å². The fourth-order valence-corrected chi connectivity index (χ4v) is 5.33. The number of anilines is 1. The molecule has 0 amide bonds. The maximum atomic E-state index is 13.0. The van der Waals surface area contributed by atoms with Gasteiger partial charge in [-0.15, -0.1) is 0 Å². The Bertz CT molecular complexity index is 1200. The number of halogens is 4. The van der Waals surface area contributed by atoms with E-state index in [0.717, 1.165) is 27.4 Å². The first-order valence-corrected chi connectivity index (χ1v) is 11.2. The minimum absolute atomic E-state index is 0.137. The number of benzene rings is 1. The van der Waals surface area contributed by atoms with Gasteiger partial charge < -0.3 is 4.90 Å². The second-order valence-electron chi connectivity index (χ2n) is 6.77. The van der Waals surface area contributed by atoms with E-state index in [1.54, 1.807) is 18.6 Å². The van der Waals surface area contributed by atoms with Crippen molar-refractivity contribution in [1.82, 2.24) is 14.3 Å². The molecule has 1 fully saturated rings. The van der Waals surface area contributed by atoms with Crippen molar-refractivity contribution in [2.75, 3.05) is 31.1 Å². The predicted octanol–water partition coefficient (Wildman–Crippen LogP) is 3.92. The molecule has 3 heterocycles. The monoisotopic (exact) mass is 500 g/mol. The Morgan fingerprint density at radius 2 is 1.73 bits per heavy atom. The first kappa shape index (κ1) is 21.0. The molecule has 0 aliphatic carbocycles. The SMILES string of the molecule is O=S(=O)(c1cccc(C(F)(F)F)c1)N1CCN(c2ncc(Br)c3ccncc23)CC1. The zero-order chi connectivity index (χ0) is 21.5. The number of nitrogens with zero attached hydrogens (tertiary/aromatic N) is 4. The number of hydrogen-bond donors (Lipinski definition) is 0. The molecule has 0 bridgehead atoms. The van der Waals surface area contributed by atoms with Crippen LogP contribution in [0.4, 0.5) is 19.0 Å². The molecule has 4 rings (SSSR count). The second kappa shape index (κ2) is 7.78. The summed E-state index contributed by atoms with van der Waals surface area (Å²) < 4.78 is 66.7. The molecule has 1 aliphatic rings. The molecule has 0 unspecified atom stereocenters. The van der Waals surface area contributed by atoms with Crippen LogP contribution in [0.15, 0.2) is 58.3 Å². The Morgan fingerprint density at radius 1 is 1.00 bits per heavy atom. The maximum absolute atomic E-state index is 13.0. The van der Waals surface area contributed by atoms with Crippen molar-refractivity contribution in [3.63, 3.8) is 0 Å².